The van der Waals surface area contributed by atoms with Crippen molar-refractivity contribution in [1.29, 1.82) is 0 Å². The van der Waals surface area contributed by atoms with Crippen LogP contribution < -0.4 is 26.0 Å². The van der Waals surface area contributed by atoms with Gasteiger partial charge in [0.2, 0.25) is 5.91 Å². The first-order valence-electron chi connectivity index (χ1n) is 14.4. The van der Waals surface area contributed by atoms with E-state index >= 15 is 0 Å². The Morgan fingerprint density at radius 3 is 2.32 bits per heavy atom. The summed E-state index contributed by atoms with van der Waals surface area (Å²) in [6.07, 6.45) is 6.51. The van der Waals surface area contributed by atoms with Gasteiger partial charge >= 0.3 is 0 Å². The van der Waals surface area contributed by atoms with Crippen LogP contribution in [0, 0.1) is 11.8 Å². The number of aromatic nitrogens is 2. The first-order valence-corrected chi connectivity index (χ1v) is 14.4. The molecule has 10 heteroatoms. The van der Waals surface area contributed by atoms with Crippen molar-refractivity contribution in [3.05, 3.63) is 78.4 Å². The molecule has 2 amide bonds. The monoisotopic (exact) mass is 557 g/mol. The summed E-state index contributed by atoms with van der Waals surface area (Å²) in [6.45, 7) is 9.82. The summed E-state index contributed by atoms with van der Waals surface area (Å²) in [7, 11) is 0. The molecule has 2 aliphatic rings. The molecule has 4 heterocycles. The Kier molecular flexibility index (Phi) is 9.90. The molecule has 0 saturated carbocycles. The number of hydrogen-bond donors (Lipinski definition) is 4. The summed E-state index contributed by atoms with van der Waals surface area (Å²) in [5.74, 6) is 1.28. The van der Waals surface area contributed by atoms with Gasteiger partial charge in [-0.2, -0.15) is 0 Å². The number of pyridine rings is 2. The fraction of sp³-hybridized carbons (Fsp3) is 0.419. The number of carbonyl (C=O) groups excluding carboxylic acids is 2. The second kappa shape index (κ2) is 14.2. The fourth-order valence-corrected chi connectivity index (χ4v) is 5.27. The Labute approximate surface area is 241 Å². The van der Waals surface area contributed by atoms with Crippen molar-refractivity contribution >= 4 is 11.8 Å². The van der Waals surface area contributed by atoms with Crippen LogP contribution in [-0.2, 0) is 4.79 Å². The topological polar surface area (TPSA) is 121 Å². The molecule has 0 radical (unpaired) electrons. The zero-order valence-electron chi connectivity index (χ0n) is 23.5. The van der Waals surface area contributed by atoms with Gasteiger partial charge in [-0.1, -0.05) is 12.1 Å². The van der Waals surface area contributed by atoms with Gasteiger partial charge in [0, 0.05) is 82.7 Å². The molecule has 0 bridgehead atoms. The van der Waals surface area contributed by atoms with Crippen LogP contribution in [0.15, 0.2) is 67.3 Å². The SMILES string of the molecule is CCOc1cccc(C(NC(=O)c2cccnc2)C(=O)NCCN(CC2CNC2)CC2CNC2)c1-c1ccncc1. The number of hydrogen-bond acceptors (Lipinski definition) is 8. The Hall–Kier alpha value is -3.86. The number of ether oxygens (including phenoxy) is 1. The summed E-state index contributed by atoms with van der Waals surface area (Å²) in [6, 6.07) is 11.8. The van der Waals surface area contributed by atoms with Crippen LogP contribution in [0.1, 0.15) is 28.9 Å². The molecule has 4 N–H and O–H groups in total. The van der Waals surface area contributed by atoms with E-state index < -0.39 is 6.04 Å². The van der Waals surface area contributed by atoms with Gasteiger partial charge in [0.15, 0.2) is 0 Å². The van der Waals surface area contributed by atoms with Gasteiger partial charge in [-0.05, 0) is 60.2 Å². The van der Waals surface area contributed by atoms with E-state index in [0.29, 0.717) is 41.9 Å². The van der Waals surface area contributed by atoms with Crippen molar-refractivity contribution in [1.82, 2.24) is 36.1 Å². The maximum Gasteiger partial charge on any atom is 0.253 e. The van der Waals surface area contributed by atoms with Crippen LogP contribution in [0.3, 0.4) is 0 Å². The van der Waals surface area contributed by atoms with Crippen molar-refractivity contribution in [2.45, 2.75) is 13.0 Å². The first-order chi connectivity index (χ1) is 20.1. The second-order valence-electron chi connectivity index (χ2n) is 10.6. The van der Waals surface area contributed by atoms with Crippen LogP contribution >= 0.6 is 0 Å². The van der Waals surface area contributed by atoms with Crippen LogP contribution in [0.4, 0.5) is 0 Å². The maximum atomic E-state index is 13.9. The average molecular weight is 558 g/mol. The van der Waals surface area contributed by atoms with Crippen LogP contribution in [0.5, 0.6) is 5.75 Å². The molecule has 5 rings (SSSR count). The summed E-state index contributed by atoms with van der Waals surface area (Å²) in [5.41, 5.74) is 2.63. The summed E-state index contributed by atoms with van der Waals surface area (Å²) in [5, 5.41) is 12.8. The van der Waals surface area contributed by atoms with E-state index in [4.69, 9.17) is 4.74 Å². The lowest BCUT2D eigenvalue weighted by molar-refractivity contribution is -0.123. The van der Waals surface area contributed by atoms with Gasteiger partial charge in [-0.3, -0.25) is 19.6 Å². The highest BCUT2D eigenvalue weighted by Crippen LogP contribution is 2.36. The lowest BCUT2D eigenvalue weighted by Gasteiger charge is -2.37. The number of nitrogens with zero attached hydrogens (tertiary/aromatic N) is 3. The largest absolute Gasteiger partial charge is 0.493 e. The molecule has 3 aromatic rings. The van der Waals surface area contributed by atoms with Crippen molar-refractivity contribution in [3.8, 4) is 16.9 Å². The van der Waals surface area contributed by atoms with Gasteiger partial charge in [0.1, 0.15) is 11.8 Å². The third-order valence-corrected chi connectivity index (χ3v) is 7.59. The predicted octanol–water partition coefficient (Wildman–Crippen LogP) is 1.87. The molecule has 1 unspecified atom stereocenters. The maximum absolute atomic E-state index is 13.9. The summed E-state index contributed by atoms with van der Waals surface area (Å²) in [4.78, 5) is 37.9. The highest BCUT2D eigenvalue weighted by atomic mass is 16.5. The third kappa shape index (κ3) is 7.46. The Balaban J connectivity index is 1.38. The minimum atomic E-state index is -0.952. The van der Waals surface area contributed by atoms with E-state index in [0.717, 1.165) is 56.9 Å². The standard InChI is InChI=1S/C31H39N7O3/c1-2-41-27-7-3-6-26(28(27)24-8-11-32-12-9-24)29(37-30(39)25-5-4-10-33-19-25)31(40)36-13-14-38(20-22-15-34-16-22)21-23-17-35-18-23/h3-12,19,22-23,29,34-35H,2,13-18,20-21H2,1H3,(H,36,40)(H,37,39). The van der Waals surface area contributed by atoms with Crippen molar-refractivity contribution in [2.75, 3.05) is 59.0 Å². The predicted molar refractivity (Wildman–Crippen MR) is 157 cm³/mol. The Morgan fingerprint density at radius 1 is 0.976 bits per heavy atom. The molecule has 1 aromatic carbocycles. The molecular weight excluding hydrogens is 518 g/mol. The van der Waals surface area contributed by atoms with E-state index in [1.54, 1.807) is 30.7 Å². The fourth-order valence-electron chi connectivity index (χ4n) is 5.27. The number of carbonyl (C=O) groups is 2. The summed E-state index contributed by atoms with van der Waals surface area (Å²) < 4.78 is 5.98. The Bertz CT molecular complexity index is 1270. The van der Waals surface area contributed by atoms with Gasteiger partial charge < -0.3 is 30.9 Å². The average Bonchev–Trinajstić information content (AvgIpc) is 2.96. The highest BCUT2D eigenvalue weighted by Gasteiger charge is 2.29. The van der Waals surface area contributed by atoms with E-state index in [1.165, 1.54) is 6.20 Å². The van der Waals surface area contributed by atoms with E-state index in [-0.39, 0.29) is 11.8 Å². The molecule has 2 aromatic heterocycles. The van der Waals surface area contributed by atoms with Crippen LogP contribution in [-0.4, -0.2) is 85.6 Å². The van der Waals surface area contributed by atoms with Gasteiger partial charge in [0.05, 0.1) is 12.2 Å². The lowest BCUT2D eigenvalue weighted by Crippen LogP contribution is -2.54. The molecule has 0 spiro atoms. The molecule has 216 valence electrons. The number of nitrogens with one attached hydrogen (secondary N) is 4. The smallest absolute Gasteiger partial charge is 0.253 e. The number of rotatable bonds is 14. The molecular formula is C31H39N7O3. The zero-order chi connectivity index (χ0) is 28.4. The minimum absolute atomic E-state index is 0.276. The first kappa shape index (κ1) is 28.7. The molecule has 0 aliphatic carbocycles. The molecule has 41 heavy (non-hydrogen) atoms. The molecule has 10 nitrogen and oxygen atoms in total. The third-order valence-electron chi connectivity index (χ3n) is 7.59. The Morgan fingerprint density at radius 2 is 1.71 bits per heavy atom. The second-order valence-corrected chi connectivity index (χ2v) is 10.6. The summed E-state index contributed by atoms with van der Waals surface area (Å²) >= 11 is 0. The number of benzene rings is 1. The normalized spacial score (nSPS) is 16.0. The van der Waals surface area contributed by atoms with Crippen molar-refractivity contribution in [2.24, 2.45) is 11.8 Å². The molecule has 2 saturated heterocycles. The highest BCUT2D eigenvalue weighted by molar-refractivity contribution is 5.98. The number of amides is 2. The van der Waals surface area contributed by atoms with Gasteiger partial charge in [-0.25, -0.2) is 0 Å². The van der Waals surface area contributed by atoms with E-state index in [1.807, 2.05) is 37.3 Å². The lowest BCUT2D eigenvalue weighted by atomic mass is 9.93. The van der Waals surface area contributed by atoms with Crippen LogP contribution in [0.25, 0.3) is 11.1 Å². The molecule has 2 fully saturated rings. The molecule has 1 atom stereocenters. The van der Waals surface area contributed by atoms with E-state index in [9.17, 15) is 9.59 Å². The zero-order valence-corrected chi connectivity index (χ0v) is 23.5. The van der Waals surface area contributed by atoms with Gasteiger partial charge in [-0.15, -0.1) is 0 Å². The van der Waals surface area contributed by atoms with E-state index in [2.05, 4.69) is 36.1 Å². The van der Waals surface area contributed by atoms with Crippen molar-refractivity contribution < 1.29 is 14.3 Å². The minimum Gasteiger partial charge on any atom is -0.493 e. The van der Waals surface area contributed by atoms with Gasteiger partial charge in [0.25, 0.3) is 5.91 Å². The molecule has 2 aliphatic heterocycles. The quantitative estimate of drug-likeness (QED) is 0.237. The van der Waals surface area contributed by atoms with Crippen molar-refractivity contribution in [3.63, 3.8) is 0 Å². The van der Waals surface area contributed by atoms with Crippen LogP contribution in [0.2, 0.25) is 0 Å².